The number of carbonyl (C=O) groups excluding carboxylic acids is 2. The van der Waals surface area contributed by atoms with E-state index in [9.17, 15) is 9.59 Å². The molecule has 0 bridgehead atoms. The molecule has 108 valence electrons. The molecule has 21 heavy (non-hydrogen) atoms. The molecule has 0 heterocycles. The third-order valence-electron chi connectivity index (χ3n) is 2.43. The van der Waals surface area contributed by atoms with E-state index in [1.807, 2.05) is 0 Å². The Morgan fingerprint density at radius 3 is 1.38 bits per heavy atom. The second-order valence-electron chi connectivity index (χ2n) is 3.90. The molecule has 0 aliphatic heterocycles. The van der Waals surface area contributed by atoms with Gasteiger partial charge in [0.15, 0.2) is 0 Å². The average molecular weight is 306 g/mol. The minimum absolute atomic E-state index is 0.0259. The van der Waals surface area contributed by atoms with Crippen LogP contribution in [-0.2, 0) is 8.37 Å². The van der Waals surface area contributed by atoms with Gasteiger partial charge in [0, 0.05) is 0 Å². The summed E-state index contributed by atoms with van der Waals surface area (Å²) in [5.41, 5.74) is 0.418. The van der Waals surface area contributed by atoms with Crippen molar-refractivity contribution in [3.05, 3.63) is 59.7 Å². The molecule has 0 spiro atoms. The number of benzene rings is 2. The van der Waals surface area contributed by atoms with E-state index in [2.05, 4.69) is 8.37 Å². The molecule has 2 aromatic rings. The van der Waals surface area contributed by atoms with Crippen molar-refractivity contribution in [1.82, 2.24) is 0 Å². The van der Waals surface area contributed by atoms with Gasteiger partial charge in [0.25, 0.3) is 12.3 Å². The van der Waals surface area contributed by atoms with Gasteiger partial charge in [-0.2, -0.15) is 0 Å². The van der Waals surface area contributed by atoms with Crippen molar-refractivity contribution in [3.8, 4) is 11.5 Å². The van der Waals surface area contributed by atoms with E-state index in [4.69, 9.17) is 10.2 Å². The maximum atomic E-state index is 11.6. The molecule has 0 atom stereocenters. The van der Waals surface area contributed by atoms with Crippen LogP contribution >= 0.6 is 12.3 Å². The largest absolute Gasteiger partial charge is 0.508 e. The number of carbonyl (C=O) groups is 2. The molecule has 0 fully saturated rings. The number of phenolic OH excluding ortho intramolecular Hbond substituents is 2. The van der Waals surface area contributed by atoms with Crippen molar-refractivity contribution in [1.29, 1.82) is 0 Å². The summed E-state index contributed by atoms with van der Waals surface area (Å²) >= 11 is 0.243. The topological polar surface area (TPSA) is 93.1 Å². The molecule has 0 aliphatic rings. The SMILES string of the molecule is O=C(OSOC(=O)c1ccc(O)cc1)c1ccc(O)cc1. The third-order valence-corrected chi connectivity index (χ3v) is 2.86. The molecule has 0 aromatic heterocycles. The zero-order valence-corrected chi connectivity index (χ0v) is 11.4. The lowest BCUT2D eigenvalue weighted by molar-refractivity contribution is 0.0703. The molecule has 0 amide bonds. The molecule has 2 N–H and O–H groups in total. The predicted octanol–water partition coefficient (Wildman–Crippen LogP) is 2.67. The number of rotatable bonds is 4. The number of hydrogen-bond donors (Lipinski definition) is 2. The van der Waals surface area contributed by atoms with Crippen LogP contribution in [0.15, 0.2) is 48.5 Å². The highest BCUT2D eigenvalue weighted by Crippen LogP contribution is 2.17. The summed E-state index contributed by atoms with van der Waals surface area (Å²) < 4.78 is 9.37. The van der Waals surface area contributed by atoms with Gasteiger partial charge in [0.1, 0.15) is 11.5 Å². The first-order valence-electron chi connectivity index (χ1n) is 5.74. The van der Waals surface area contributed by atoms with Crippen LogP contribution in [0.25, 0.3) is 0 Å². The molecule has 0 aliphatic carbocycles. The molecule has 2 rings (SSSR count). The Kier molecular flexibility index (Phi) is 4.68. The summed E-state index contributed by atoms with van der Waals surface area (Å²) in [5, 5.41) is 18.2. The first kappa shape index (κ1) is 14.7. The minimum Gasteiger partial charge on any atom is -0.508 e. The van der Waals surface area contributed by atoms with Gasteiger partial charge in [-0.1, -0.05) is 0 Å². The van der Waals surface area contributed by atoms with Gasteiger partial charge >= 0.3 is 11.9 Å². The molecular formula is C14H10O6S. The number of hydrogen-bond acceptors (Lipinski definition) is 7. The van der Waals surface area contributed by atoms with Crippen LogP contribution in [0.1, 0.15) is 20.7 Å². The molecule has 0 saturated heterocycles. The fourth-order valence-electron chi connectivity index (χ4n) is 1.37. The Morgan fingerprint density at radius 2 is 1.05 bits per heavy atom. The highest BCUT2D eigenvalue weighted by atomic mass is 32.2. The highest BCUT2D eigenvalue weighted by Gasteiger charge is 2.12. The fraction of sp³-hybridized carbons (Fsp3) is 0. The van der Waals surface area contributed by atoms with E-state index in [0.29, 0.717) is 0 Å². The zero-order chi connectivity index (χ0) is 15.2. The van der Waals surface area contributed by atoms with Crippen LogP contribution in [0, 0.1) is 0 Å². The summed E-state index contributed by atoms with van der Waals surface area (Å²) in [7, 11) is 0. The lowest BCUT2D eigenvalue weighted by Crippen LogP contribution is -2.03. The van der Waals surface area contributed by atoms with Crippen LogP contribution in [0.3, 0.4) is 0 Å². The molecule has 0 unspecified atom stereocenters. The molecular weight excluding hydrogens is 296 g/mol. The summed E-state index contributed by atoms with van der Waals surface area (Å²) in [6, 6.07) is 10.8. The van der Waals surface area contributed by atoms with Gasteiger partial charge in [-0.25, -0.2) is 9.59 Å². The van der Waals surface area contributed by atoms with Gasteiger partial charge in [-0.05, 0) is 48.5 Å². The van der Waals surface area contributed by atoms with Crippen molar-refractivity contribution in [3.63, 3.8) is 0 Å². The first-order valence-corrected chi connectivity index (χ1v) is 6.41. The maximum absolute atomic E-state index is 11.6. The fourth-order valence-corrected chi connectivity index (χ4v) is 1.72. The van der Waals surface area contributed by atoms with E-state index in [1.165, 1.54) is 48.5 Å². The summed E-state index contributed by atoms with van der Waals surface area (Å²) in [4.78, 5) is 23.1. The first-order chi connectivity index (χ1) is 10.1. The van der Waals surface area contributed by atoms with Crippen molar-refractivity contribution >= 4 is 24.3 Å². The lowest BCUT2D eigenvalue weighted by atomic mass is 10.2. The van der Waals surface area contributed by atoms with Crippen LogP contribution in [0.4, 0.5) is 0 Å². The second kappa shape index (κ2) is 6.67. The van der Waals surface area contributed by atoms with Crippen molar-refractivity contribution in [2.75, 3.05) is 0 Å². The zero-order valence-electron chi connectivity index (χ0n) is 10.6. The predicted molar refractivity (Wildman–Crippen MR) is 74.6 cm³/mol. The molecule has 0 radical (unpaired) electrons. The molecule has 2 aromatic carbocycles. The van der Waals surface area contributed by atoms with E-state index in [0.717, 1.165) is 0 Å². The van der Waals surface area contributed by atoms with E-state index in [1.54, 1.807) is 0 Å². The van der Waals surface area contributed by atoms with Gasteiger partial charge in [-0.3, -0.25) is 0 Å². The standard InChI is InChI=1S/C14H10O6S/c15-11-5-1-9(2-6-11)13(17)19-21-20-14(18)10-3-7-12(16)8-4-10/h1-8,15-16H. The minimum atomic E-state index is -0.710. The van der Waals surface area contributed by atoms with E-state index in [-0.39, 0.29) is 34.9 Å². The summed E-state index contributed by atoms with van der Waals surface area (Å²) in [6.45, 7) is 0. The smallest absolute Gasteiger partial charge is 0.352 e. The Labute approximate surface area is 124 Å². The van der Waals surface area contributed by atoms with Crippen molar-refractivity contribution in [2.45, 2.75) is 0 Å². The summed E-state index contributed by atoms with van der Waals surface area (Å²) in [6.07, 6.45) is 0. The second-order valence-corrected chi connectivity index (χ2v) is 4.37. The van der Waals surface area contributed by atoms with E-state index < -0.39 is 11.9 Å². The van der Waals surface area contributed by atoms with Gasteiger partial charge in [0.2, 0.25) is 0 Å². The van der Waals surface area contributed by atoms with Crippen molar-refractivity contribution < 1.29 is 28.2 Å². The highest BCUT2D eigenvalue weighted by molar-refractivity contribution is 7.90. The Balaban J connectivity index is 1.83. The number of aromatic hydroxyl groups is 2. The molecule has 0 saturated carbocycles. The summed E-state index contributed by atoms with van der Waals surface area (Å²) in [5.74, 6) is -1.37. The third kappa shape index (κ3) is 4.15. The lowest BCUT2D eigenvalue weighted by Gasteiger charge is -2.03. The van der Waals surface area contributed by atoms with Crippen LogP contribution in [0.2, 0.25) is 0 Å². The maximum Gasteiger partial charge on any atom is 0.352 e. The van der Waals surface area contributed by atoms with Crippen LogP contribution in [-0.4, -0.2) is 22.2 Å². The van der Waals surface area contributed by atoms with Gasteiger partial charge in [0.05, 0.1) is 11.1 Å². The monoisotopic (exact) mass is 306 g/mol. The van der Waals surface area contributed by atoms with Crippen LogP contribution < -0.4 is 0 Å². The van der Waals surface area contributed by atoms with Crippen molar-refractivity contribution in [2.24, 2.45) is 0 Å². The normalized spacial score (nSPS) is 9.90. The number of phenols is 2. The van der Waals surface area contributed by atoms with Crippen LogP contribution in [0.5, 0.6) is 11.5 Å². The Morgan fingerprint density at radius 1 is 0.714 bits per heavy atom. The van der Waals surface area contributed by atoms with Gasteiger partial charge < -0.3 is 18.6 Å². The molecule has 6 nitrogen and oxygen atoms in total. The molecule has 7 heteroatoms. The van der Waals surface area contributed by atoms with E-state index >= 15 is 0 Å². The van der Waals surface area contributed by atoms with Gasteiger partial charge in [-0.15, -0.1) is 0 Å². The Hall–Kier alpha value is -2.67. The Bertz CT molecular complexity index is 578. The average Bonchev–Trinajstić information content (AvgIpc) is 2.48. The quantitative estimate of drug-likeness (QED) is 0.839.